The Morgan fingerprint density at radius 1 is 1.00 bits per heavy atom. The van der Waals surface area contributed by atoms with Crippen molar-refractivity contribution in [2.45, 2.75) is 20.8 Å². The van der Waals surface area contributed by atoms with Gasteiger partial charge in [-0.2, -0.15) is 9.64 Å². The van der Waals surface area contributed by atoms with Gasteiger partial charge in [-0.3, -0.25) is 0 Å². The molecule has 2 N–H and O–H groups in total. The number of rotatable bonds is 4. The molecule has 10 nitrogen and oxygen atoms in total. The lowest BCUT2D eigenvalue weighted by Crippen LogP contribution is -1.79. The minimum Gasteiger partial charge on any atom is -0.505 e. The van der Waals surface area contributed by atoms with E-state index >= 15 is 0 Å². The van der Waals surface area contributed by atoms with E-state index in [2.05, 4.69) is 35.0 Å². The van der Waals surface area contributed by atoms with E-state index in [1.807, 2.05) is 6.07 Å². The average molecular weight is 400 g/mol. The number of phenolic OH excluding ortho intramolecular Hbond substituents is 2. The van der Waals surface area contributed by atoms with Crippen LogP contribution in [0.25, 0.3) is 0 Å². The Labute approximate surface area is 161 Å². The molecule has 0 saturated carbocycles. The van der Waals surface area contributed by atoms with Gasteiger partial charge in [0, 0.05) is 11.6 Å². The zero-order valence-corrected chi connectivity index (χ0v) is 16.0. The van der Waals surface area contributed by atoms with E-state index in [9.17, 15) is 10.2 Å². The van der Waals surface area contributed by atoms with Crippen molar-refractivity contribution in [3.05, 3.63) is 27.9 Å². The standard InChI is InChI=1S/C15H12N8O2S2/c1-6-12(24)10(18-20-14-9(5-16)7(2)23-27-14)4-11(13(6)25)19-22-15-21-17-8(3)26-15/h4,24-25H,1-3H3. The fraction of sp³-hybridized carbons (Fsp3) is 0.200. The van der Waals surface area contributed by atoms with Gasteiger partial charge in [-0.1, -0.05) is 11.3 Å². The number of aryl methyl sites for hydroxylation is 2. The molecule has 0 fully saturated rings. The fourth-order valence-corrected chi connectivity index (χ4v) is 3.18. The van der Waals surface area contributed by atoms with Crippen molar-refractivity contribution in [3.63, 3.8) is 0 Å². The first-order chi connectivity index (χ1) is 12.9. The smallest absolute Gasteiger partial charge is 0.251 e. The van der Waals surface area contributed by atoms with Gasteiger partial charge in [-0.15, -0.1) is 30.7 Å². The third-order valence-electron chi connectivity index (χ3n) is 3.43. The summed E-state index contributed by atoms with van der Waals surface area (Å²) in [6.45, 7) is 4.99. The molecule has 2 aromatic heterocycles. The van der Waals surface area contributed by atoms with E-state index in [4.69, 9.17) is 5.26 Å². The monoisotopic (exact) mass is 400 g/mol. The van der Waals surface area contributed by atoms with Gasteiger partial charge in [-0.05, 0) is 32.3 Å². The molecular weight excluding hydrogens is 388 g/mol. The highest BCUT2D eigenvalue weighted by Gasteiger charge is 2.15. The maximum atomic E-state index is 10.2. The van der Waals surface area contributed by atoms with Crippen molar-refractivity contribution in [3.8, 4) is 17.6 Å². The molecule has 1 aromatic carbocycles. The molecule has 3 aromatic rings. The summed E-state index contributed by atoms with van der Waals surface area (Å²) in [5, 5.41) is 54.4. The molecule has 0 amide bonds. The molecule has 136 valence electrons. The average Bonchev–Trinajstić information content (AvgIpc) is 3.23. The molecule has 0 radical (unpaired) electrons. The SMILES string of the molecule is Cc1nnc(N=Nc2cc(N=Nc3snc(C)c3C#N)c(O)c(C)c2O)s1. The van der Waals surface area contributed by atoms with Gasteiger partial charge in [0.2, 0.25) is 0 Å². The Kier molecular flexibility index (Phi) is 5.15. The fourth-order valence-electron chi connectivity index (χ4n) is 1.99. The van der Waals surface area contributed by atoms with E-state index in [0.29, 0.717) is 21.4 Å². The topological polar surface area (TPSA) is 152 Å². The predicted octanol–water partition coefficient (Wildman–Crippen LogP) is 5.03. The van der Waals surface area contributed by atoms with Crippen LogP contribution in [-0.4, -0.2) is 24.8 Å². The quantitative estimate of drug-likeness (QED) is 0.585. The van der Waals surface area contributed by atoms with Crippen LogP contribution in [0.3, 0.4) is 0 Å². The van der Waals surface area contributed by atoms with Crippen molar-refractivity contribution in [1.82, 2.24) is 14.6 Å². The van der Waals surface area contributed by atoms with Crippen LogP contribution in [0, 0.1) is 32.1 Å². The first-order valence-corrected chi connectivity index (χ1v) is 9.05. The lowest BCUT2D eigenvalue weighted by Gasteiger charge is -2.06. The number of azo groups is 2. The predicted molar refractivity (Wildman–Crippen MR) is 99.1 cm³/mol. The molecule has 0 aliphatic heterocycles. The molecule has 0 aliphatic rings. The van der Waals surface area contributed by atoms with Gasteiger partial charge in [0.25, 0.3) is 5.13 Å². The summed E-state index contributed by atoms with van der Waals surface area (Å²) in [5.74, 6) is -0.482. The Morgan fingerprint density at radius 2 is 1.67 bits per heavy atom. The number of benzene rings is 1. The molecule has 0 saturated heterocycles. The summed E-state index contributed by atoms with van der Waals surface area (Å²) >= 11 is 2.27. The van der Waals surface area contributed by atoms with Crippen LogP contribution in [-0.2, 0) is 0 Å². The minimum atomic E-state index is -0.248. The zero-order valence-electron chi connectivity index (χ0n) is 14.4. The van der Waals surface area contributed by atoms with Crippen molar-refractivity contribution in [2.75, 3.05) is 0 Å². The van der Waals surface area contributed by atoms with E-state index in [1.54, 1.807) is 13.8 Å². The van der Waals surface area contributed by atoms with Crippen LogP contribution in [0.15, 0.2) is 26.5 Å². The van der Waals surface area contributed by atoms with Gasteiger partial charge in [0.15, 0.2) is 5.00 Å². The van der Waals surface area contributed by atoms with Crippen molar-refractivity contribution in [2.24, 2.45) is 20.5 Å². The van der Waals surface area contributed by atoms with Crippen LogP contribution in [0.1, 0.15) is 21.8 Å². The number of aromatic hydroxyl groups is 2. The molecule has 0 bridgehead atoms. The number of aromatic nitrogens is 3. The lowest BCUT2D eigenvalue weighted by molar-refractivity contribution is 0.445. The second kappa shape index (κ2) is 7.52. The Hall–Kier alpha value is -3.30. The summed E-state index contributed by atoms with van der Waals surface area (Å²) in [6, 6.07) is 3.35. The molecule has 0 unspecified atom stereocenters. The summed E-state index contributed by atoms with van der Waals surface area (Å²) in [6.07, 6.45) is 0. The summed E-state index contributed by atoms with van der Waals surface area (Å²) < 4.78 is 4.05. The van der Waals surface area contributed by atoms with Crippen molar-refractivity contribution < 1.29 is 10.2 Å². The van der Waals surface area contributed by atoms with Crippen LogP contribution in [0.2, 0.25) is 0 Å². The molecule has 3 rings (SSSR count). The molecular formula is C15H12N8O2S2. The van der Waals surface area contributed by atoms with Gasteiger partial charge in [0.05, 0.1) is 5.69 Å². The largest absolute Gasteiger partial charge is 0.505 e. The maximum Gasteiger partial charge on any atom is 0.251 e. The van der Waals surface area contributed by atoms with Gasteiger partial charge in [-0.25, -0.2) is 0 Å². The van der Waals surface area contributed by atoms with E-state index in [0.717, 1.165) is 16.5 Å². The maximum absolute atomic E-state index is 10.2. The first kappa shape index (κ1) is 18.5. The first-order valence-electron chi connectivity index (χ1n) is 7.46. The highest BCUT2D eigenvalue weighted by Crippen LogP contribution is 2.44. The van der Waals surface area contributed by atoms with Crippen LogP contribution in [0.5, 0.6) is 11.5 Å². The highest BCUT2D eigenvalue weighted by molar-refractivity contribution is 7.14. The van der Waals surface area contributed by atoms with Gasteiger partial charge < -0.3 is 10.2 Å². The van der Waals surface area contributed by atoms with E-state index in [1.165, 1.54) is 24.3 Å². The van der Waals surface area contributed by atoms with Crippen LogP contribution in [0.4, 0.5) is 21.5 Å². The lowest BCUT2D eigenvalue weighted by atomic mass is 10.1. The third-order valence-corrected chi connectivity index (χ3v) is 4.98. The molecule has 0 aliphatic carbocycles. The summed E-state index contributed by atoms with van der Waals surface area (Å²) in [4.78, 5) is 0. The molecule has 12 heteroatoms. The Morgan fingerprint density at radius 3 is 2.26 bits per heavy atom. The molecule has 27 heavy (non-hydrogen) atoms. The molecule has 0 spiro atoms. The highest BCUT2D eigenvalue weighted by atomic mass is 32.1. The van der Waals surface area contributed by atoms with Gasteiger partial charge >= 0.3 is 0 Å². The number of nitriles is 1. The van der Waals surface area contributed by atoms with Crippen LogP contribution >= 0.6 is 22.9 Å². The number of phenols is 2. The third kappa shape index (κ3) is 3.78. The van der Waals surface area contributed by atoms with Crippen molar-refractivity contribution >= 4 is 44.4 Å². The molecule has 0 atom stereocenters. The van der Waals surface area contributed by atoms with Crippen molar-refractivity contribution in [1.29, 1.82) is 5.26 Å². The normalized spacial score (nSPS) is 11.5. The minimum absolute atomic E-state index is 0.0719. The van der Waals surface area contributed by atoms with Crippen LogP contribution < -0.4 is 0 Å². The number of hydrogen-bond acceptors (Lipinski definition) is 12. The van der Waals surface area contributed by atoms with E-state index in [-0.39, 0.29) is 28.4 Å². The number of nitrogens with zero attached hydrogens (tertiary/aromatic N) is 8. The zero-order chi connectivity index (χ0) is 19.6. The number of hydrogen-bond donors (Lipinski definition) is 2. The van der Waals surface area contributed by atoms with E-state index < -0.39 is 0 Å². The second-order valence-corrected chi connectivity index (χ2v) is 7.21. The second-order valence-electron chi connectivity index (χ2n) is 5.30. The molecule has 2 heterocycles. The van der Waals surface area contributed by atoms with Gasteiger partial charge in [0.1, 0.15) is 39.5 Å². The summed E-state index contributed by atoms with van der Waals surface area (Å²) in [5.41, 5.74) is 1.22. The summed E-state index contributed by atoms with van der Waals surface area (Å²) in [7, 11) is 0. The Balaban J connectivity index is 1.98. The Bertz CT molecular complexity index is 1110.